The number of likely N-dealkylation sites (N-methyl/N-ethyl adjacent to an activating group) is 1. The van der Waals surface area contributed by atoms with E-state index in [1.807, 2.05) is 37.9 Å². The third-order valence-corrected chi connectivity index (χ3v) is 6.66. The summed E-state index contributed by atoms with van der Waals surface area (Å²) in [4.78, 5) is 6.13. The Hall–Kier alpha value is -1.76. The van der Waals surface area contributed by atoms with Crippen molar-refractivity contribution in [2.24, 2.45) is 4.99 Å². The molecule has 0 unspecified atom stereocenters. The summed E-state index contributed by atoms with van der Waals surface area (Å²) >= 11 is 0. The highest BCUT2D eigenvalue weighted by atomic mass is 32.2. The van der Waals surface area contributed by atoms with Crippen LogP contribution in [0, 0.1) is 13.8 Å². The Morgan fingerprint density at radius 3 is 2.27 bits per heavy atom. The Morgan fingerprint density at radius 2 is 1.77 bits per heavy atom. The fourth-order valence-electron chi connectivity index (χ4n) is 2.41. The maximum Gasteiger partial charge on any atom is 0.193 e. The van der Waals surface area contributed by atoms with Crippen LogP contribution in [0.4, 0.5) is 0 Å². The number of hydrogen-bond acceptors (Lipinski definition) is 4. The van der Waals surface area contributed by atoms with Crippen LogP contribution in [-0.2, 0) is 9.84 Å². The smallest absolute Gasteiger partial charge is 0.193 e. The molecule has 0 heterocycles. The molecule has 0 aromatic heterocycles. The van der Waals surface area contributed by atoms with E-state index in [0.717, 1.165) is 5.75 Å². The molecule has 0 radical (unpaired) electrons. The van der Waals surface area contributed by atoms with Crippen LogP contribution in [0.5, 0.6) is 5.75 Å². The fourth-order valence-corrected chi connectivity index (χ4v) is 3.39. The highest BCUT2D eigenvalue weighted by Gasteiger charge is 2.28. The lowest BCUT2D eigenvalue weighted by Crippen LogP contribution is -2.43. The Kier molecular flexibility index (Phi) is 7.93. The van der Waals surface area contributed by atoms with Crippen LogP contribution in [0.2, 0.25) is 0 Å². The van der Waals surface area contributed by atoms with Crippen molar-refractivity contribution in [3.8, 4) is 5.75 Å². The topological polar surface area (TPSA) is 71.0 Å². The largest absolute Gasteiger partial charge is 0.492 e. The Bertz CT molecular complexity index is 702. The molecule has 1 N–H and O–H groups in total. The minimum Gasteiger partial charge on any atom is -0.492 e. The van der Waals surface area contributed by atoms with E-state index in [-0.39, 0.29) is 5.75 Å². The molecule has 1 aromatic carbocycles. The zero-order valence-electron chi connectivity index (χ0n) is 17.1. The number of benzene rings is 1. The first kappa shape index (κ1) is 22.3. The van der Waals surface area contributed by atoms with Gasteiger partial charge < -0.3 is 15.0 Å². The van der Waals surface area contributed by atoms with E-state index in [1.54, 1.807) is 27.8 Å². The fraction of sp³-hybridized carbons (Fsp3) is 0.632. The Balaban J connectivity index is 2.48. The second-order valence-electron chi connectivity index (χ2n) is 7.50. The molecule has 148 valence electrons. The van der Waals surface area contributed by atoms with Crippen LogP contribution >= 0.6 is 0 Å². The first-order chi connectivity index (χ1) is 12.0. The molecule has 0 aliphatic heterocycles. The van der Waals surface area contributed by atoms with Gasteiger partial charge in [0.25, 0.3) is 0 Å². The molecule has 26 heavy (non-hydrogen) atoms. The monoisotopic (exact) mass is 383 g/mol. The number of aryl methyl sites for hydroxylation is 2. The minimum absolute atomic E-state index is 0.0719. The zero-order chi connectivity index (χ0) is 20.0. The van der Waals surface area contributed by atoms with Gasteiger partial charge in [0.15, 0.2) is 15.8 Å². The van der Waals surface area contributed by atoms with Crippen LogP contribution < -0.4 is 10.1 Å². The van der Waals surface area contributed by atoms with Crippen molar-refractivity contribution in [3.63, 3.8) is 0 Å². The normalized spacial score (nSPS) is 12.8. The molecule has 0 atom stereocenters. The van der Waals surface area contributed by atoms with Crippen LogP contribution in [0.3, 0.4) is 0 Å². The Labute approximate surface area is 158 Å². The second kappa shape index (κ2) is 9.26. The first-order valence-electron chi connectivity index (χ1n) is 8.81. The van der Waals surface area contributed by atoms with E-state index < -0.39 is 14.6 Å². The van der Waals surface area contributed by atoms with E-state index >= 15 is 0 Å². The standard InChI is InChI=1S/C19H33N3O3S/c1-15-12-16(2)14-17(13-15)25-10-9-22(7)18(20-6)21-8-11-26(23,24)19(3,4)5/h12-14H,8-11H2,1-7H3,(H,20,21). The van der Waals surface area contributed by atoms with E-state index in [9.17, 15) is 8.42 Å². The minimum atomic E-state index is -3.15. The van der Waals surface area contributed by atoms with E-state index in [1.165, 1.54) is 11.1 Å². The number of sulfone groups is 1. The van der Waals surface area contributed by atoms with Gasteiger partial charge in [0.05, 0.1) is 17.0 Å². The van der Waals surface area contributed by atoms with Crippen LogP contribution in [-0.4, -0.2) is 63.6 Å². The number of hydrogen-bond donors (Lipinski definition) is 1. The number of ether oxygens (including phenoxy) is 1. The van der Waals surface area contributed by atoms with Crippen molar-refractivity contribution < 1.29 is 13.2 Å². The van der Waals surface area contributed by atoms with Crippen LogP contribution in [0.15, 0.2) is 23.2 Å². The predicted octanol–water partition coefficient (Wildman–Crippen LogP) is 2.40. The van der Waals surface area contributed by atoms with Crippen molar-refractivity contribution in [1.82, 2.24) is 10.2 Å². The van der Waals surface area contributed by atoms with Gasteiger partial charge in [-0.2, -0.15) is 0 Å². The highest BCUT2D eigenvalue weighted by molar-refractivity contribution is 7.92. The molecular formula is C19H33N3O3S. The molecule has 7 heteroatoms. The molecule has 0 aliphatic carbocycles. The average Bonchev–Trinajstić information content (AvgIpc) is 2.49. The third kappa shape index (κ3) is 6.86. The summed E-state index contributed by atoms with van der Waals surface area (Å²) in [5.41, 5.74) is 2.34. The van der Waals surface area contributed by atoms with Gasteiger partial charge in [-0.15, -0.1) is 0 Å². The van der Waals surface area contributed by atoms with Crippen molar-refractivity contribution in [2.45, 2.75) is 39.4 Å². The van der Waals surface area contributed by atoms with Gasteiger partial charge >= 0.3 is 0 Å². The lowest BCUT2D eigenvalue weighted by atomic mass is 10.1. The highest BCUT2D eigenvalue weighted by Crippen LogP contribution is 2.16. The number of guanidine groups is 1. The second-order valence-corrected chi connectivity index (χ2v) is 10.4. The predicted molar refractivity (Wildman–Crippen MR) is 109 cm³/mol. The molecule has 0 aliphatic rings. The summed E-state index contributed by atoms with van der Waals surface area (Å²) < 4.78 is 29.4. The average molecular weight is 384 g/mol. The molecule has 0 saturated carbocycles. The van der Waals surface area contributed by atoms with Gasteiger partial charge in [-0.3, -0.25) is 4.99 Å². The number of aliphatic imine (C=N–C) groups is 1. The van der Waals surface area contributed by atoms with Gasteiger partial charge in [-0.1, -0.05) is 6.07 Å². The van der Waals surface area contributed by atoms with Gasteiger partial charge in [-0.25, -0.2) is 8.42 Å². The summed E-state index contributed by atoms with van der Waals surface area (Å²) in [7, 11) is 0.434. The van der Waals surface area contributed by atoms with Crippen molar-refractivity contribution in [1.29, 1.82) is 0 Å². The molecule has 0 saturated heterocycles. The van der Waals surface area contributed by atoms with Crippen molar-refractivity contribution >= 4 is 15.8 Å². The molecule has 0 fully saturated rings. The number of nitrogens with zero attached hydrogens (tertiary/aromatic N) is 2. The summed E-state index contributed by atoms with van der Waals surface area (Å²) in [5, 5.41) is 3.11. The lowest BCUT2D eigenvalue weighted by molar-refractivity contribution is 0.281. The molecule has 1 rings (SSSR count). The lowest BCUT2D eigenvalue weighted by Gasteiger charge is -2.23. The summed E-state index contributed by atoms with van der Waals surface area (Å²) in [6.45, 7) is 10.7. The third-order valence-electron chi connectivity index (χ3n) is 4.05. The summed E-state index contributed by atoms with van der Waals surface area (Å²) in [6, 6.07) is 6.13. The first-order valence-corrected chi connectivity index (χ1v) is 10.5. The molecule has 0 bridgehead atoms. The van der Waals surface area contributed by atoms with Crippen molar-refractivity contribution in [2.75, 3.05) is 39.5 Å². The molecule has 0 amide bonds. The summed E-state index contributed by atoms with van der Waals surface area (Å²) in [6.07, 6.45) is 0. The SMILES string of the molecule is CN=C(NCCS(=O)(=O)C(C)(C)C)N(C)CCOc1cc(C)cc(C)c1. The van der Waals surface area contributed by atoms with E-state index in [2.05, 4.69) is 16.4 Å². The maximum atomic E-state index is 12.2. The molecular weight excluding hydrogens is 350 g/mol. The van der Waals surface area contributed by atoms with Crippen LogP contribution in [0.25, 0.3) is 0 Å². The maximum absolute atomic E-state index is 12.2. The van der Waals surface area contributed by atoms with Gasteiger partial charge in [0, 0.05) is 20.6 Å². The van der Waals surface area contributed by atoms with E-state index in [4.69, 9.17) is 4.74 Å². The molecule has 0 spiro atoms. The van der Waals surface area contributed by atoms with Gasteiger partial charge in [0.2, 0.25) is 0 Å². The van der Waals surface area contributed by atoms with Gasteiger partial charge in [-0.05, 0) is 57.9 Å². The quantitative estimate of drug-likeness (QED) is 0.578. The van der Waals surface area contributed by atoms with Crippen LogP contribution in [0.1, 0.15) is 31.9 Å². The number of rotatable bonds is 7. The van der Waals surface area contributed by atoms with Crippen molar-refractivity contribution in [3.05, 3.63) is 29.3 Å². The molecule has 1 aromatic rings. The van der Waals surface area contributed by atoms with E-state index in [0.29, 0.717) is 25.7 Å². The van der Waals surface area contributed by atoms with Gasteiger partial charge in [0.1, 0.15) is 12.4 Å². The zero-order valence-corrected chi connectivity index (χ0v) is 17.9. The molecule has 6 nitrogen and oxygen atoms in total. The Morgan fingerprint density at radius 1 is 1.19 bits per heavy atom. The number of nitrogens with one attached hydrogen (secondary N) is 1. The summed E-state index contributed by atoms with van der Waals surface area (Å²) in [5.74, 6) is 1.58.